The molecule has 0 bridgehead atoms. The molecule has 0 radical (unpaired) electrons. The molecule has 0 aliphatic heterocycles. The summed E-state index contributed by atoms with van der Waals surface area (Å²) in [5, 5.41) is 0. The summed E-state index contributed by atoms with van der Waals surface area (Å²) in [5.41, 5.74) is -0.829. The van der Waals surface area contributed by atoms with E-state index in [1.165, 1.54) is 14.0 Å². The molecule has 0 aromatic rings. The number of ether oxygens (including phenoxy) is 1. The third kappa shape index (κ3) is 3.88. The van der Waals surface area contributed by atoms with E-state index in [1.54, 1.807) is 0 Å². The Balaban J connectivity index is 4.36. The standard InChI is InChI=1S/C4H10ClNO4S/c1-4(5)6(3-10-2)11(7,8)9/h4H,3H2,1-2H3,(H,7,8,9). The highest BCUT2D eigenvalue weighted by molar-refractivity contribution is 7.83. The van der Waals surface area contributed by atoms with Crippen molar-refractivity contribution in [2.75, 3.05) is 13.8 Å². The van der Waals surface area contributed by atoms with E-state index in [0.717, 1.165) is 0 Å². The number of alkyl halides is 1. The number of nitrogens with zero attached hydrogens (tertiary/aromatic N) is 1. The van der Waals surface area contributed by atoms with Crippen LogP contribution in [-0.2, 0) is 15.0 Å². The largest absolute Gasteiger partial charge is 0.368 e. The molecule has 0 heterocycles. The van der Waals surface area contributed by atoms with Gasteiger partial charge in [0.15, 0.2) is 0 Å². The molecule has 0 fully saturated rings. The van der Waals surface area contributed by atoms with Gasteiger partial charge < -0.3 is 4.74 Å². The molecule has 0 spiro atoms. The molecule has 0 aromatic heterocycles. The van der Waals surface area contributed by atoms with Crippen LogP contribution >= 0.6 is 11.6 Å². The number of halogens is 1. The van der Waals surface area contributed by atoms with Crippen LogP contribution in [0.1, 0.15) is 6.92 Å². The van der Waals surface area contributed by atoms with E-state index in [0.29, 0.717) is 4.31 Å². The Bertz CT molecular complexity index is 202. The van der Waals surface area contributed by atoms with Crippen LogP contribution in [0.5, 0.6) is 0 Å². The summed E-state index contributed by atoms with van der Waals surface area (Å²) in [6.45, 7) is 1.15. The molecule has 5 nitrogen and oxygen atoms in total. The maximum absolute atomic E-state index is 10.5. The lowest BCUT2D eigenvalue weighted by Gasteiger charge is -2.18. The third-order valence-electron chi connectivity index (χ3n) is 0.950. The molecule has 68 valence electrons. The lowest BCUT2D eigenvalue weighted by Crippen LogP contribution is -2.36. The van der Waals surface area contributed by atoms with Gasteiger partial charge in [-0.1, -0.05) is 0 Å². The molecular weight excluding hydrogens is 194 g/mol. The second-order valence-corrected chi connectivity index (χ2v) is 3.85. The quantitative estimate of drug-likeness (QED) is 0.309. The summed E-state index contributed by atoms with van der Waals surface area (Å²) in [6, 6.07) is 0. The monoisotopic (exact) mass is 203 g/mol. The predicted molar refractivity (Wildman–Crippen MR) is 40.6 cm³/mol. The predicted octanol–water partition coefficient (Wildman–Crippen LogP) is 0.280. The minimum Gasteiger partial charge on any atom is -0.368 e. The van der Waals surface area contributed by atoms with E-state index in [9.17, 15) is 8.42 Å². The highest BCUT2D eigenvalue weighted by atomic mass is 35.5. The Labute approximate surface area is 70.8 Å². The fourth-order valence-corrected chi connectivity index (χ4v) is 1.44. The van der Waals surface area contributed by atoms with Crippen LogP contribution in [0, 0.1) is 0 Å². The summed E-state index contributed by atoms with van der Waals surface area (Å²) >= 11 is 5.41. The van der Waals surface area contributed by atoms with Crippen molar-refractivity contribution in [3.63, 3.8) is 0 Å². The van der Waals surface area contributed by atoms with Crippen LogP contribution < -0.4 is 0 Å². The zero-order valence-electron chi connectivity index (χ0n) is 6.19. The highest BCUT2D eigenvalue weighted by Crippen LogP contribution is 2.07. The molecule has 1 unspecified atom stereocenters. The maximum Gasteiger partial charge on any atom is 0.339 e. The lowest BCUT2D eigenvalue weighted by atomic mass is 10.7. The molecule has 0 aliphatic rings. The topological polar surface area (TPSA) is 66.8 Å². The van der Waals surface area contributed by atoms with Crippen molar-refractivity contribution in [2.24, 2.45) is 0 Å². The third-order valence-corrected chi connectivity index (χ3v) is 2.32. The van der Waals surface area contributed by atoms with Crippen molar-refractivity contribution in [3.05, 3.63) is 0 Å². The Kier molecular flexibility index (Phi) is 4.27. The molecule has 1 N–H and O–H groups in total. The molecular formula is C4H10ClNO4S. The van der Waals surface area contributed by atoms with Crippen molar-refractivity contribution in [1.82, 2.24) is 4.31 Å². The van der Waals surface area contributed by atoms with E-state index >= 15 is 0 Å². The average Bonchev–Trinajstić information content (AvgIpc) is 1.79. The summed E-state index contributed by atoms with van der Waals surface area (Å²) in [4.78, 5) is 0. The van der Waals surface area contributed by atoms with Crippen molar-refractivity contribution >= 4 is 21.9 Å². The smallest absolute Gasteiger partial charge is 0.339 e. The molecule has 0 saturated carbocycles. The Morgan fingerprint density at radius 2 is 2.18 bits per heavy atom. The van der Waals surface area contributed by atoms with Gasteiger partial charge in [-0.3, -0.25) is 4.55 Å². The minimum absolute atomic E-state index is 0.260. The maximum atomic E-state index is 10.5. The zero-order valence-corrected chi connectivity index (χ0v) is 7.76. The van der Waals surface area contributed by atoms with Gasteiger partial charge in [0.25, 0.3) is 0 Å². The number of rotatable bonds is 4. The van der Waals surface area contributed by atoms with Gasteiger partial charge in [0.2, 0.25) is 0 Å². The number of hydrogen-bond acceptors (Lipinski definition) is 3. The van der Waals surface area contributed by atoms with Crippen LogP contribution in [0.4, 0.5) is 0 Å². The van der Waals surface area contributed by atoms with E-state index in [2.05, 4.69) is 4.74 Å². The van der Waals surface area contributed by atoms with Gasteiger partial charge in [0.1, 0.15) is 12.2 Å². The number of methoxy groups -OCH3 is 1. The first-order valence-electron chi connectivity index (χ1n) is 2.77. The normalized spacial score (nSPS) is 15.4. The second-order valence-electron chi connectivity index (χ2n) is 1.86. The minimum atomic E-state index is -4.25. The number of hydrogen-bond donors (Lipinski definition) is 1. The SMILES string of the molecule is COCN(C(C)Cl)S(=O)(=O)O. The molecule has 0 rings (SSSR count). The van der Waals surface area contributed by atoms with E-state index in [4.69, 9.17) is 16.2 Å². The second kappa shape index (κ2) is 4.22. The van der Waals surface area contributed by atoms with E-state index in [-0.39, 0.29) is 6.73 Å². The summed E-state index contributed by atoms with van der Waals surface area (Å²) in [6.07, 6.45) is 0. The Morgan fingerprint density at radius 1 is 1.73 bits per heavy atom. The average molecular weight is 204 g/mol. The Morgan fingerprint density at radius 3 is 2.27 bits per heavy atom. The lowest BCUT2D eigenvalue weighted by molar-refractivity contribution is 0.106. The van der Waals surface area contributed by atoms with Gasteiger partial charge in [-0.05, 0) is 6.92 Å². The highest BCUT2D eigenvalue weighted by Gasteiger charge is 2.22. The van der Waals surface area contributed by atoms with Crippen molar-refractivity contribution < 1.29 is 17.7 Å². The summed E-state index contributed by atoms with van der Waals surface area (Å²) in [7, 11) is -2.95. The van der Waals surface area contributed by atoms with Crippen LogP contribution in [0.3, 0.4) is 0 Å². The fraction of sp³-hybridized carbons (Fsp3) is 1.00. The first-order valence-corrected chi connectivity index (χ1v) is 4.60. The van der Waals surface area contributed by atoms with Crippen LogP contribution in [-0.4, -0.2) is 36.6 Å². The van der Waals surface area contributed by atoms with Crippen LogP contribution in [0.2, 0.25) is 0 Å². The molecule has 0 aromatic carbocycles. The molecule has 0 aliphatic carbocycles. The van der Waals surface area contributed by atoms with Gasteiger partial charge in [0, 0.05) is 7.11 Å². The fourth-order valence-electron chi connectivity index (χ4n) is 0.480. The van der Waals surface area contributed by atoms with E-state index in [1.807, 2.05) is 0 Å². The summed E-state index contributed by atoms with van der Waals surface area (Å²) < 4.78 is 34.6. The zero-order chi connectivity index (χ0) is 9.07. The van der Waals surface area contributed by atoms with Crippen LogP contribution in [0.25, 0.3) is 0 Å². The Hall–Kier alpha value is 0.120. The van der Waals surface area contributed by atoms with Crippen molar-refractivity contribution in [1.29, 1.82) is 0 Å². The molecule has 7 heteroatoms. The van der Waals surface area contributed by atoms with Gasteiger partial charge in [-0.15, -0.1) is 15.9 Å². The van der Waals surface area contributed by atoms with Crippen molar-refractivity contribution in [2.45, 2.75) is 12.4 Å². The van der Waals surface area contributed by atoms with Gasteiger partial charge in [0.05, 0.1) is 0 Å². The molecule has 11 heavy (non-hydrogen) atoms. The van der Waals surface area contributed by atoms with Gasteiger partial charge in [-0.25, -0.2) is 0 Å². The molecule has 0 amide bonds. The van der Waals surface area contributed by atoms with Gasteiger partial charge >= 0.3 is 10.3 Å². The molecule has 1 atom stereocenters. The van der Waals surface area contributed by atoms with Gasteiger partial charge in [-0.2, -0.15) is 8.42 Å². The van der Waals surface area contributed by atoms with E-state index < -0.39 is 15.8 Å². The van der Waals surface area contributed by atoms with Crippen LogP contribution in [0.15, 0.2) is 0 Å². The first kappa shape index (κ1) is 11.1. The van der Waals surface area contributed by atoms with Crippen molar-refractivity contribution in [3.8, 4) is 0 Å². The summed E-state index contributed by atoms with van der Waals surface area (Å²) in [5.74, 6) is 0. The molecule has 0 saturated heterocycles. The first-order chi connectivity index (χ1) is 4.89.